The minimum absolute atomic E-state index is 0.148. The number of para-hydroxylation sites is 1. The molecule has 0 radical (unpaired) electrons. The average Bonchev–Trinajstić information content (AvgIpc) is 3.48. The van der Waals surface area contributed by atoms with Crippen LogP contribution in [0.5, 0.6) is 0 Å². The van der Waals surface area contributed by atoms with Gasteiger partial charge in [0.05, 0.1) is 17.0 Å². The number of thioether (sulfide) groups is 1. The first kappa shape index (κ1) is 33.2. The minimum atomic E-state index is -1.50. The number of carbonyl (C=O) groups is 4. The van der Waals surface area contributed by atoms with Gasteiger partial charge in [-0.1, -0.05) is 36.4 Å². The summed E-state index contributed by atoms with van der Waals surface area (Å²) in [7, 11) is 0. The normalized spacial score (nSPS) is 20.2. The lowest BCUT2D eigenvalue weighted by Crippen LogP contribution is -2.51. The first-order chi connectivity index (χ1) is 23.3. The number of amides is 4. The predicted octanol–water partition coefficient (Wildman–Crippen LogP) is 5.33. The maximum atomic E-state index is 15.3. The predicted molar refractivity (Wildman–Crippen MR) is 184 cm³/mol. The lowest BCUT2D eigenvalue weighted by Gasteiger charge is -2.29. The minimum Gasteiger partial charge on any atom is -0.461 e. The van der Waals surface area contributed by atoms with Gasteiger partial charge in [0.15, 0.2) is 0 Å². The van der Waals surface area contributed by atoms with Gasteiger partial charge in [-0.15, -0.1) is 0 Å². The van der Waals surface area contributed by atoms with E-state index in [1.165, 1.54) is 17.0 Å². The molecule has 250 valence electrons. The van der Waals surface area contributed by atoms with Crippen LogP contribution < -0.4 is 15.5 Å². The largest absolute Gasteiger partial charge is 0.461 e. The standard InChI is InChI=1S/C36H38FN5O5S/c1-48-18-17-47-35(45)25-7-6-8-26(19-25)38-36(46)40-33-34(44)42(22-31(43)41-20-23-13-14-24(21-41)16-15-23)30-12-5-3-10-28(30)32(39-33)27-9-2-4-11-29(27)37/h2-12,19,23-24,33H,13-18,20-22H2,1H3,(H2,38,40,46). The van der Waals surface area contributed by atoms with Crippen molar-refractivity contribution in [3.05, 3.63) is 95.3 Å². The Labute approximate surface area is 283 Å². The molecular formula is C36H38FN5O5S. The molecule has 10 nitrogen and oxygen atoms in total. The van der Waals surface area contributed by atoms with Crippen molar-refractivity contribution in [1.82, 2.24) is 10.2 Å². The molecule has 1 atom stereocenters. The smallest absolute Gasteiger partial charge is 0.338 e. The fraction of sp³-hybridized carbons (Fsp3) is 0.361. The highest BCUT2D eigenvalue weighted by molar-refractivity contribution is 7.98. The molecule has 1 saturated carbocycles. The molecule has 1 aliphatic carbocycles. The van der Waals surface area contributed by atoms with E-state index in [4.69, 9.17) is 4.74 Å². The number of benzodiazepines with no additional fused rings is 1. The van der Waals surface area contributed by atoms with Gasteiger partial charge in [-0.2, -0.15) is 11.8 Å². The summed E-state index contributed by atoms with van der Waals surface area (Å²) >= 11 is 1.55. The van der Waals surface area contributed by atoms with E-state index in [1.807, 2.05) is 11.2 Å². The van der Waals surface area contributed by atoms with Crippen LogP contribution in [0.15, 0.2) is 77.8 Å². The van der Waals surface area contributed by atoms with Gasteiger partial charge in [-0.3, -0.25) is 14.5 Å². The van der Waals surface area contributed by atoms with Crippen molar-refractivity contribution in [3.8, 4) is 0 Å². The van der Waals surface area contributed by atoms with Crippen molar-refractivity contribution in [3.63, 3.8) is 0 Å². The number of hydrogen-bond donors (Lipinski definition) is 2. The number of halogens is 1. The zero-order valence-electron chi connectivity index (χ0n) is 26.7. The SMILES string of the molecule is CSCCOC(=O)c1cccc(NC(=O)NC2N=C(c3ccccc3F)c3ccccc3N(CC(=O)N3CC4CCC(CC4)C3)C2=O)c1. The number of nitrogens with one attached hydrogen (secondary N) is 2. The second kappa shape index (κ2) is 15.0. The molecule has 4 aliphatic rings. The van der Waals surface area contributed by atoms with E-state index in [9.17, 15) is 19.2 Å². The Kier molecular flexibility index (Phi) is 10.4. The van der Waals surface area contributed by atoms with Crippen LogP contribution in [-0.2, 0) is 14.3 Å². The third kappa shape index (κ3) is 7.54. The molecule has 0 aromatic heterocycles. The number of benzene rings is 3. The summed E-state index contributed by atoms with van der Waals surface area (Å²) in [5, 5.41) is 5.28. The molecule has 3 aromatic rings. The summed E-state index contributed by atoms with van der Waals surface area (Å²) in [4.78, 5) is 61.8. The highest BCUT2D eigenvalue weighted by Crippen LogP contribution is 2.34. The molecule has 4 amide bonds. The Hall–Kier alpha value is -4.71. The van der Waals surface area contributed by atoms with Crippen LogP contribution >= 0.6 is 11.8 Å². The van der Waals surface area contributed by atoms with Crippen LogP contribution in [0.4, 0.5) is 20.6 Å². The van der Waals surface area contributed by atoms with Crippen LogP contribution in [0.25, 0.3) is 0 Å². The number of anilines is 2. The summed E-state index contributed by atoms with van der Waals surface area (Å²) in [6.45, 7) is 1.31. The fourth-order valence-corrected chi connectivity index (χ4v) is 6.85. The van der Waals surface area contributed by atoms with Crippen molar-refractivity contribution < 1.29 is 28.3 Å². The molecule has 3 aromatic carbocycles. The number of hydrogen-bond acceptors (Lipinski definition) is 7. The lowest BCUT2D eigenvalue weighted by molar-refractivity contribution is -0.132. The van der Waals surface area contributed by atoms with Crippen LogP contribution in [-0.4, -0.2) is 78.8 Å². The number of rotatable bonds is 9. The van der Waals surface area contributed by atoms with E-state index in [0.29, 0.717) is 41.9 Å². The molecule has 1 unspecified atom stereocenters. The highest BCUT2D eigenvalue weighted by Gasteiger charge is 2.37. The number of nitrogens with zero attached hydrogens (tertiary/aromatic N) is 3. The molecule has 2 bridgehead atoms. The first-order valence-electron chi connectivity index (χ1n) is 16.2. The van der Waals surface area contributed by atoms with E-state index >= 15 is 4.39 Å². The maximum Gasteiger partial charge on any atom is 0.338 e. The molecule has 3 heterocycles. The van der Waals surface area contributed by atoms with Crippen LogP contribution in [0.1, 0.15) is 47.2 Å². The first-order valence-corrected chi connectivity index (χ1v) is 17.5. The third-order valence-electron chi connectivity index (χ3n) is 9.05. The van der Waals surface area contributed by atoms with Crippen LogP contribution in [0, 0.1) is 17.7 Å². The Morgan fingerprint density at radius 2 is 1.62 bits per heavy atom. The van der Waals surface area contributed by atoms with Crippen molar-refractivity contribution in [2.24, 2.45) is 16.8 Å². The Morgan fingerprint density at radius 3 is 2.33 bits per heavy atom. The third-order valence-corrected chi connectivity index (χ3v) is 9.63. The van der Waals surface area contributed by atoms with Crippen molar-refractivity contribution in [2.45, 2.75) is 31.8 Å². The van der Waals surface area contributed by atoms with Crippen LogP contribution in [0.2, 0.25) is 0 Å². The van der Waals surface area contributed by atoms with Gasteiger partial charge in [0.25, 0.3) is 5.91 Å². The number of ether oxygens (including phenoxy) is 1. The van der Waals surface area contributed by atoms with Crippen molar-refractivity contribution in [1.29, 1.82) is 0 Å². The second-order valence-corrected chi connectivity index (χ2v) is 13.3. The lowest BCUT2D eigenvalue weighted by atomic mass is 9.84. The summed E-state index contributed by atoms with van der Waals surface area (Å²) in [5.41, 5.74) is 1.71. The van der Waals surface area contributed by atoms with Gasteiger partial charge in [-0.05, 0) is 80.2 Å². The van der Waals surface area contributed by atoms with Crippen molar-refractivity contribution >= 4 is 52.7 Å². The maximum absolute atomic E-state index is 15.3. The van der Waals surface area contributed by atoms with Gasteiger partial charge in [0.2, 0.25) is 12.1 Å². The van der Waals surface area contributed by atoms with E-state index in [0.717, 1.165) is 25.7 Å². The van der Waals surface area contributed by atoms with Gasteiger partial charge in [0.1, 0.15) is 19.0 Å². The molecule has 0 spiro atoms. The zero-order chi connectivity index (χ0) is 33.6. The van der Waals surface area contributed by atoms with E-state index < -0.39 is 29.9 Å². The molecule has 7 rings (SSSR count). The summed E-state index contributed by atoms with van der Waals surface area (Å²) in [6.07, 6.45) is 4.81. The number of urea groups is 1. The quantitative estimate of drug-likeness (QED) is 0.235. The fourth-order valence-electron chi connectivity index (χ4n) is 6.60. The van der Waals surface area contributed by atoms with Crippen molar-refractivity contribution in [2.75, 3.05) is 48.5 Å². The van der Waals surface area contributed by atoms with Gasteiger partial charge < -0.3 is 20.3 Å². The molecule has 48 heavy (non-hydrogen) atoms. The molecule has 2 saturated heterocycles. The summed E-state index contributed by atoms with van der Waals surface area (Å²) in [5.74, 6) is -0.344. The van der Waals surface area contributed by atoms with E-state index in [-0.39, 0.29) is 41.6 Å². The number of esters is 1. The monoisotopic (exact) mass is 671 g/mol. The number of fused-ring (bicyclic) bond motifs is 5. The zero-order valence-corrected chi connectivity index (χ0v) is 27.5. The average molecular weight is 672 g/mol. The van der Waals surface area contributed by atoms with Gasteiger partial charge in [0, 0.05) is 35.7 Å². The molecule has 3 aliphatic heterocycles. The number of aliphatic imine (C=N–C) groups is 1. The summed E-state index contributed by atoms with van der Waals surface area (Å²) in [6, 6.07) is 18.5. The topological polar surface area (TPSA) is 120 Å². The van der Waals surface area contributed by atoms with E-state index in [1.54, 1.807) is 72.4 Å². The highest BCUT2D eigenvalue weighted by atomic mass is 32.2. The molecule has 12 heteroatoms. The van der Waals surface area contributed by atoms with Crippen LogP contribution in [0.3, 0.4) is 0 Å². The second-order valence-electron chi connectivity index (χ2n) is 12.3. The Bertz CT molecular complexity index is 1710. The molecule has 2 N–H and O–H groups in total. The van der Waals surface area contributed by atoms with Gasteiger partial charge >= 0.3 is 12.0 Å². The van der Waals surface area contributed by atoms with Gasteiger partial charge in [-0.25, -0.2) is 19.0 Å². The summed E-state index contributed by atoms with van der Waals surface area (Å²) < 4.78 is 20.5. The molecular weight excluding hydrogens is 633 g/mol. The molecule has 3 fully saturated rings. The van der Waals surface area contributed by atoms with E-state index in [2.05, 4.69) is 15.6 Å². The Morgan fingerprint density at radius 1 is 0.938 bits per heavy atom. The number of carbonyl (C=O) groups excluding carboxylic acids is 4. The Balaban J connectivity index is 1.29.